The number of benzene rings is 1. The van der Waals surface area contributed by atoms with Crippen molar-refractivity contribution in [2.24, 2.45) is 11.7 Å². The Labute approximate surface area is 167 Å². The van der Waals surface area contributed by atoms with Gasteiger partial charge in [-0.1, -0.05) is 0 Å². The highest BCUT2D eigenvalue weighted by atomic mass is 19.3. The number of aromatic nitrogens is 2. The molecule has 0 spiro atoms. The molecule has 0 radical (unpaired) electrons. The van der Waals surface area contributed by atoms with Gasteiger partial charge in [-0.3, -0.25) is 14.3 Å². The minimum absolute atomic E-state index is 0.00289. The number of H-pyrrole nitrogens is 1. The molecule has 3 N–H and O–H groups in total. The van der Waals surface area contributed by atoms with Crippen LogP contribution in [0.2, 0.25) is 0 Å². The molecule has 0 bridgehead atoms. The first-order valence-electron chi connectivity index (χ1n) is 9.62. The van der Waals surface area contributed by atoms with E-state index in [9.17, 15) is 27.2 Å². The number of aryl methyl sites for hydroxylation is 1. The Kier molecular flexibility index (Phi) is 4.72. The number of anilines is 1. The minimum atomic E-state index is -3.38. The van der Waals surface area contributed by atoms with Crippen molar-refractivity contribution >= 4 is 16.6 Å². The van der Waals surface area contributed by atoms with Crippen molar-refractivity contribution in [3.63, 3.8) is 0 Å². The number of halogens is 5. The predicted molar refractivity (Wildman–Crippen MR) is 101 cm³/mol. The van der Waals surface area contributed by atoms with Gasteiger partial charge in [-0.25, -0.2) is 26.7 Å². The summed E-state index contributed by atoms with van der Waals surface area (Å²) in [6.07, 6.45) is -2.21. The van der Waals surface area contributed by atoms with E-state index in [-0.39, 0.29) is 23.7 Å². The third-order valence-electron chi connectivity index (χ3n) is 6.01. The summed E-state index contributed by atoms with van der Waals surface area (Å²) in [5.74, 6) is -5.98. The Morgan fingerprint density at radius 2 is 1.87 bits per heavy atom. The van der Waals surface area contributed by atoms with E-state index < -0.39 is 64.6 Å². The molecular weight excluding hydrogens is 411 g/mol. The van der Waals surface area contributed by atoms with Crippen molar-refractivity contribution in [3.8, 4) is 0 Å². The highest BCUT2D eigenvalue weighted by Crippen LogP contribution is 2.45. The fourth-order valence-electron chi connectivity index (χ4n) is 4.47. The van der Waals surface area contributed by atoms with Crippen molar-refractivity contribution < 1.29 is 22.0 Å². The molecule has 2 fully saturated rings. The van der Waals surface area contributed by atoms with Gasteiger partial charge in [0.25, 0.3) is 17.9 Å². The van der Waals surface area contributed by atoms with Crippen LogP contribution in [0.4, 0.5) is 27.6 Å². The Balaban J connectivity index is 2.06. The molecule has 1 aromatic carbocycles. The van der Waals surface area contributed by atoms with Crippen LogP contribution in [-0.2, 0) is 0 Å². The molecule has 0 amide bonds. The predicted octanol–water partition coefficient (Wildman–Crippen LogP) is 2.83. The van der Waals surface area contributed by atoms with E-state index in [1.165, 1.54) is 13.8 Å². The summed E-state index contributed by atoms with van der Waals surface area (Å²) in [4.78, 5) is 27.8. The second-order valence-corrected chi connectivity index (χ2v) is 8.19. The second kappa shape index (κ2) is 6.79. The van der Waals surface area contributed by atoms with Crippen LogP contribution in [0.25, 0.3) is 10.9 Å². The first kappa shape index (κ1) is 20.8. The summed E-state index contributed by atoms with van der Waals surface area (Å²) in [5, 5.41) is -0.620. The van der Waals surface area contributed by atoms with Crippen LogP contribution >= 0.6 is 0 Å². The van der Waals surface area contributed by atoms with Gasteiger partial charge >= 0.3 is 5.69 Å². The molecule has 2 aromatic rings. The second-order valence-electron chi connectivity index (χ2n) is 8.19. The zero-order valence-corrected chi connectivity index (χ0v) is 16.3. The lowest BCUT2D eigenvalue weighted by Gasteiger charge is -2.25. The van der Waals surface area contributed by atoms with Crippen molar-refractivity contribution in [3.05, 3.63) is 37.8 Å². The lowest BCUT2D eigenvalue weighted by atomic mass is 9.98. The fourth-order valence-corrected chi connectivity index (χ4v) is 4.47. The monoisotopic (exact) mass is 432 g/mol. The number of fused-ring (bicyclic) bond motifs is 1. The zero-order valence-electron chi connectivity index (χ0n) is 16.3. The molecule has 2 aliphatic rings. The maximum atomic E-state index is 15.3. The smallest absolute Gasteiger partial charge is 0.329 e. The number of nitrogens with zero attached hydrogens (tertiary/aromatic N) is 2. The molecule has 1 aliphatic heterocycles. The summed E-state index contributed by atoms with van der Waals surface area (Å²) >= 11 is 0. The van der Waals surface area contributed by atoms with Gasteiger partial charge in [0, 0.05) is 24.2 Å². The maximum absolute atomic E-state index is 15.3. The molecular formula is C19H21F5N4O2. The van der Waals surface area contributed by atoms with E-state index in [4.69, 9.17) is 5.73 Å². The van der Waals surface area contributed by atoms with E-state index in [0.717, 1.165) is 9.47 Å². The first-order chi connectivity index (χ1) is 14.0. The summed E-state index contributed by atoms with van der Waals surface area (Å²) in [7, 11) is 0. The molecule has 1 saturated heterocycles. The molecule has 2 unspecified atom stereocenters. The van der Waals surface area contributed by atoms with Crippen LogP contribution in [0.5, 0.6) is 0 Å². The summed E-state index contributed by atoms with van der Waals surface area (Å²) in [6.45, 7) is 1.52. The van der Waals surface area contributed by atoms with Crippen LogP contribution < -0.4 is 21.9 Å². The molecule has 11 heteroatoms. The molecule has 1 saturated carbocycles. The summed E-state index contributed by atoms with van der Waals surface area (Å²) in [5.41, 5.74) is 1.97. The van der Waals surface area contributed by atoms with Gasteiger partial charge in [-0.05, 0) is 26.7 Å². The first-order valence-corrected chi connectivity index (χ1v) is 9.62. The Bertz CT molecular complexity index is 1140. The average molecular weight is 432 g/mol. The van der Waals surface area contributed by atoms with Gasteiger partial charge in [0.2, 0.25) is 0 Å². The van der Waals surface area contributed by atoms with E-state index >= 15 is 4.39 Å². The topological polar surface area (TPSA) is 84.1 Å². The zero-order chi connectivity index (χ0) is 22.1. The SMILES string of the molecule is Cc1c(N2CC(C(C)N)C(F)(F)C2)c(F)c(C(F)F)c2c(=O)[nH]c(=O)n(C3CC3)c12. The van der Waals surface area contributed by atoms with Gasteiger partial charge in [0.05, 0.1) is 34.6 Å². The van der Waals surface area contributed by atoms with Gasteiger partial charge < -0.3 is 10.6 Å². The van der Waals surface area contributed by atoms with Gasteiger partial charge in [-0.15, -0.1) is 0 Å². The van der Waals surface area contributed by atoms with E-state index in [2.05, 4.69) is 0 Å². The highest BCUT2D eigenvalue weighted by molar-refractivity contribution is 5.90. The minimum Gasteiger partial charge on any atom is -0.362 e. The Hall–Kier alpha value is -2.43. The van der Waals surface area contributed by atoms with E-state index in [1.54, 1.807) is 0 Å². The number of hydrogen-bond donors (Lipinski definition) is 2. The van der Waals surface area contributed by atoms with Crippen molar-refractivity contribution in [1.29, 1.82) is 0 Å². The number of alkyl halides is 4. The molecule has 4 rings (SSSR count). The lowest BCUT2D eigenvalue weighted by molar-refractivity contribution is -0.0273. The normalized spacial score (nSPS) is 22.3. The number of aromatic amines is 1. The van der Waals surface area contributed by atoms with E-state index in [1.807, 2.05) is 4.98 Å². The number of nitrogens with one attached hydrogen (secondary N) is 1. The third kappa shape index (κ3) is 3.01. The number of nitrogens with two attached hydrogens (primary N) is 1. The standard InChI is InChI=1S/C19H21F5N4O2/c1-7-14-12(17(29)26-18(30)28(14)9-3-4-9)11(16(21)22)13(20)15(7)27-5-10(8(2)25)19(23,24)6-27/h8-10,16H,3-6,25H2,1-2H3,(H,26,29,30). The van der Waals surface area contributed by atoms with Crippen molar-refractivity contribution in [1.82, 2.24) is 9.55 Å². The molecule has 164 valence electrons. The molecule has 2 atom stereocenters. The number of rotatable bonds is 4. The van der Waals surface area contributed by atoms with Gasteiger partial charge in [0.15, 0.2) is 5.82 Å². The van der Waals surface area contributed by atoms with Crippen LogP contribution in [0.3, 0.4) is 0 Å². The summed E-state index contributed by atoms with van der Waals surface area (Å²) < 4.78 is 73.2. The maximum Gasteiger partial charge on any atom is 0.329 e. The molecule has 6 nitrogen and oxygen atoms in total. The molecule has 1 aromatic heterocycles. The van der Waals surface area contributed by atoms with Gasteiger partial charge in [0.1, 0.15) is 0 Å². The molecule has 2 heterocycles. The average Bonchev–Trinajstić information content (AvgIpc) is 3.39. The Morgan fingerprint density at radius 3 is 2.37 bits per heavy atom. The highest BCUT2D eigenvalue weighted by Gasteiger charge is 2.51. The van der Waals surface area contributed by atoms with Crippen LogP contribution in [0.1, 0.15) is 43.4 Å². The van der Waals surface area contributed by atoms with E-state index in [0.29, 0.717) is 12.8 Å². The molecule has 1 aliphatic carbocycles. The Morgan fingerprint density at radius 1 is 1.23 bits per heavy atom. The molecule has 30 heavy (non-hydrogen) atoms. The quantitative estimate of drug-likeness (QED) is 0.728. The number of hydrogen-bond acceptors (Lipinski definition) is 4. The van der Waals surface area contributed by atoms with Crippen LogP contribution in [0, 0.1) is 18.7 Å². The lowest BCUT2D eigenvalue weighted by Crippen LogP contribution is -2.39. The van der Waals surface area contributed by atoms with Gasteiger partial charge in [-0.2, -0.15) is 0 Å². The van der Waals surface area contributed by atoms with Crippen LogP contribution in [0.15, 0.2) is 9.59 Å². The summed E-state index contributed by atoms with van der Waals surface area (Å²) in [6, 6.07) is -1.23. The third-order valence-corrected chi connectivity index (χ3v) is 6.01. The van der Waals surface area contributed by atoms with Crippen LogP contribution in [-0.4, -0.2) is 34.6 Å². The van der Waals surface area contributed by atoms with Crippen molar-refractivity contribution in [2.45, 2.75) is 51.1 Å². The fraction of sp³-hybridized carbons (Fsp3) is 0.579. The van der Waals surface area contributed by atoms with Crippen molar-refractivity contribution in [2.75, 3.05) is 18.0 Å². The largest absolute Gasteiger partial charge is 0.362 e.